The molecule has 35 heavy (non-hydrogen) atoms. The quantitative estimate of drug-likeness (QED) is 0.589. The number of carbonyl (C=O) groups excluding carboxylic acids is 2. The Hall–Kier alpha value is -4.13. The lowest BCUT2D eigenvalue weighted by atomic mass is 9.93. The second-order valence-electron chi connectivity index (χ2n) is 8.98. The summed E-state index contributed by atoms with van der Waals surface area (Å²) in [5.41, 5.74) is 6.29. The molecule has 1 heterocycles. The Balaban J connectivity index is 1.24. The second kappa shape index (κ2) is 9.25. The van der Waals surface area contributed by atoms with Gasteiger partial charge in [-0.05, 0) is 40.3 Å². The smallest absolute Gasteiger partial charge is 0.407 e. The van der Waals surface area contributed by atoms with Gasteiger partial charge < -0.3 is 20.1 Å². The molecule has 1 aliphatic heterocycles. The van der Waals surface area contributed by atoms with Crippen LogP contribution in [0.3, 0.4) is 0 Å². The van der Waals surface area contributed by atoms with Crippen LogP contribution < -0.4 is 5.32 Å². The predicted molar refractivity (Wildman–Crippen MR) is 130 cm³/mol. The summed E-state index contributed by atoms with van der Waals surface area (Å²) >= 11 is 0. The predicted octanol–water partition coefficient (Wildman–Crippen LogP) is 3.95. The van der Waals surface area contributed by atoms with Crippen LogP contribution in [-0.4, -0.2) is 46.7 Å². The van der Waals surface area contributed by atoms with Crippen molar-refractivity contribution >= 4 is 18.0 Å². The molecule has 2 atom stereocenters. The summed E-state index contributed by atoms with van der Waals surface area (Å²) in [5, 5.41) is 12.3. The van der Waals surface area contributed by atoms with Gasteiger partial charge in [-0.15, -0.1) is 0 Å². The van der Waals surface area contributed by atoms with E-state index in [4.69, 9.17) is 4.74 Å². The molecule has 3 aromatic rings. The van der Waals surface area contributed by atoms with Gasteiger partial charge in [-0.3, -0.25) is 4.79 Å². The van der Waals surface area contributed by atoms with E-state index in [1.165, 1.54) is 4.90 Å². The van der Waals surface area contributed by atoms with Crippen LogP contribution in [0.5, 0.6) is 0 Å². The molecule has 1 aliphatic carbocycles. The average molecular weight is 471 g/mol. The van der Waals surface area contributed by atoms with Crippen LogP contribution in [0, 0.1) is 0 Å². The van der Waals surface area contributed by atoms with Crippen molar-refractivity contribution in [3.63, 3.8) is 0 Å². The number of ether oxygens (including phenoxy) is 1. The fourth-order valence-corrected chi connectivity index (χ4v) is 5.10. The first-order chi connectivity index (χ1) is 16.9. The molecule has 0 unspecified atom stereocenters. The SMILES string of the molecule is C[C@H](NC(=O)OCC1c2ccccc2-c2ccccc21)C(=O)N1Cc2ccccc2C[C@H]1C(=O)O. The summed E-state index contributed by atoms with van der Waals surface area (Å²) in [5.74, 6) is -1.62. The normalized spacial score (nSPS) is 17.1. The molecule has 2 amide bonds. The number of alkyl carbamates (subject to hydrolysis) is 1. The Bertz CT molecular complexity index is 1260. The maximum atomic E-state index is 13.1. The van der Waals surface area contributed by atoms with Crippen LogP contribution in [0.1, 0.15) is 35.1 Å². The zero-order valence-electron chi connectivity index (χ0n) is 19.3. The fraction of sp³-hybridized carbons (Fsp3) is 0.250. The minimum absolute atomic E-state index is 0.0888. The largest absolute Gasteiger partial charge is 0.480 e. The third kappa shape index (κ3) is 4.25. The first-order valence-electron chi connectivity index (χ1n) is 11.7. The molecule has 0 fully saturated rings. The van der Waals surface area contributed by atoms with Crippen LogP contribution >= 0.6 is 0 Å². The van der Waals surface area contributed by atoms with E-state index in [0.29, 0.717) is 0 Å². The summed E-state index contributed by atoms with van der Waals surface area (Å²) in [6.45, 7) is 1.86. The van der Waals surface area contributed by atoms with Gasteiger partial charge in [0, 0.05) is 18.9 Å². The molecule has 3 aromatic carbocycles. The molecular weight excluding hydrogens is 444 g/mol. The van der Waals surface area contributed by atoms with Crippen LogP contribution in [0.15, 0.2) is 72.8 Å². The van der Waals surface area contributed by atoms with Gasteiger partial charge in [-0.1, -0.05) is 72.8 Å². The summed E-state index contributed by atoms with van der Waals surface area (Å²) < 4.78 is 5.54. The molecule has 7 heteroatoms. The zero-order chi connectivity index (χ0) is 24.5. The van der Waals surface area contributed by atoms with Gasteiger partial charge in [0.1, 0.15) is 18.7 Å². The van der Waals surface area contributed by atoms with E-state index in [2.05, 4.69) is 17.4 Å². The van der Waals surface area contributed by atoms with Crippen molar-refractivity contribution in [2.24, 2.45) is 0 Å². The van der Waals surface area contributed by atoms with Gasteiger partial charge in [-0.2, -0.15) is 0 Å². The van der Waals surface area contributed by atoms with Crippen molar-refractivity contribution in [3.05, 3.63) is 95.1 Å². The molecular formula is C28H26N2O5. The van der Waals surface area contributed by atoms with E-state index >= 15 is 0 Å². The number of rotatable bonds is 5. The minimum Gasteiger partial charge on any atom is -0.480 e. The topological polar surface area (TPSA) is 95.9 Å². The number of aliphatic carboxylic acids is 1. The summed E-state index contributed by atoms with van der Waals surface area (Å²) in [4.78, 5) is 38.9. The number of carbonyl (C=O) groups is 3. The van der Waals surface area contributed by atoms with Gasteiger partial charge >= 0.3 is 12.1 Å². The van der Waals surface area contributed by atoms with E-state index in [9.17, 15) is 19.5 Å². The van der Waals surface area contributed by atoms with Gasteiger partial charge in [0.25, 0.3) is 0 Å². The number of carboxylic acid groups (broad SMARTS) is 1. The number of carboxylic acids is 1. The first kappa shape index (κ1) is 22.7. The molecule has 5 rings (SSSR count). The van der Waals surface area contributed by atoms with Crippen LogP contribution in [0.4, 0.5) is 4.79 Å². The third-order valence-corrected chi connectivity index (χ3v) is 6.87. The highest BCUT2D eigenvalue weighted by atomic mass is 16.5. The lowest BCUT2D eigenvalue weighted by molar-refractivity contribution is -0.152. The molecule has 0 spiro atoms. The Kier molecular flexibility index (Phi) is 5.99. The van der Waals surface area contributed by atoms with E-state index in [1.54, 1.807) is 6.92 Å². The zero-order valence-corrected chi connectivity index (χ0v) is 19.3. The van der Waals surface area contributed by atoms with Crippen molar-refractivity contribution in [1.82, 2.24) is 10.2 Å². The van der Waals surface area contributed by atoms with Crippen molar-refractivity contribution in [2.45, 2.75) is 37.9 Å². The molecule has 178 valence electrons. The number of benzene rings is 3. The van der Waals surface area contributed by atoms with Crippen molar-refractivity contribution in [1.29, 1.82) is 0 Å². The third-order valence-electron chi connectivity index (χ3n) is 6.87. The number of nitrogens with zero attached hydrogens (tertiary/aromatic N) is 1. The van der Waals surface area contributed by atoms with Crippen LogP contribution in [0.2, 0.25) is 0 Å². The number of amides is 2. The summed E-state index contributed by atoms with van der Waals surface area (Å²) in [7, 11) is 0. The van der Waals surface area contributed by atoms with Gasteiger partial charge in [0.2, 0.25) is 5.91 Å². The summed E-state index contributed by atoms with van der Waals surface area (Å²) in [6.07, 6.45) is -0.480. The number of hydrogen-bond acceptors (Lipinski definition) is 4. The highest BCUT2D eigenvalue weighted by molar-refractivity contribution is 5.89. The molecule has 0 saturated heterocycles. The molecule has 0 aromatic heterocycles. The van der Waals surface area contributed by atoms with Crippen molar-refractivity contribution in [3.8, 4) is 11.1 Å². The minimum atomic E-state index is -1.07. The maximum Gasteiger partial charge on any atom is 0.407 e. The average Bonchev–Trinajstić information content (AvgIpc) is 3.19. The summed E-state index contributed by atoms with van der Waals surface area (Å²) in [6, 6.07) is 21.7. The molecule has 2 aliphatic rings. The lowest BCUT2D eigenvalue weighted by Gasteiger charge is -2.36. The Morgan fingerprint density at radius 2 is 1.51 bits per heavy atom. The van der Waals surface area contributed by atoms with E-state index < -0.39 is 30.1 Å². The Morgan fingerprint density at radius 3 is 2.14 bits per heavy atom. The van der Waals surface area contributed by atoms with E-state index in [0.717, 1.165) is 33.4 Å². The second-order valence-corrected chi connectivity index (χ2v) is 8.98. The van der Waals surface area contributed by atoms with Crippen LogP contribution in [-0.2, 0) is 27.3 Å². The van der Waals surface area contributed by atoms with Crippen LogP contribution in [0.25, 0.3) is 11.1 Å². The fourth-order valence-electron chi connectivity index (χ4n) is 5.10. The monoisotopic (exact) mass is 470 g/mol. The molecule has 0 saturated carbocycles. The number of fused-ring (bicyclic) bond motifs is 4. The highest BCUT2D eigenvalue weighted by Gasteiger charge is 2.37. The number of hydrogen-bond donors (Lipinski definition) is 2. The molecule has 0 bridgehead atoms. The van der Waals surface area contributed by atoms with Gasteiger partial charge in [-0.25, -0.2) is 9.59 Å². The molecule has 0 radical (unpaired) electrons. The molecule has 2 N–H and O–H groups in total. The first-order valence-corrected chi connectivity index (χ1v) is 11.7. The van der Waals surface area contributed by atoms with Crippen molar-refractivity contribution in [2.75, 3.05) is 6.61 Å². The van der Waals surface area contributed by atoms with E-state index in [-0.39, 0.29) is 25.5 Å². The molecule has 7 nitrogen and oxygen atoms in total. The standard InChI is InChI=1S/C28H26N2O5/c1-17(26(31)30-15-19-9-3-2-8-18(19)14-25(30)27(32)33)29-28(34)35-16-24-22-12-6-4-10-20(22)21-11-5-7-13-23(21)24/h2-13,17,24-25H,14-16H2,1H3,(H,29,34)(H,32,33)/t17-,25-/m0/s1. The number of nitrogens with one attached hydrogen (secondary N) is 1. The van der Waals surface area contributed by atoms with Crippen molar-refractivity contribution < 1.29 is 24.2 Å². The lowest BCUT2D eigenvalue weighted by Crippen LogP contribution is -2.54. The Morgan fingerprint density at radius 1 is 0.943 bits per heavy atom. The maximum absolute atomic E-state index is 13.1. The van der Waals surface area contributed by atoms with Gasteiger partial charge in [0.05, 0.1) is 0 Å². The Labute approximate surface area is 203 Å². The highest BCUT2D eigenvalue weighted by Crippen LogP contribution is 2.44. The van der Waals surface area contributed by atoms with E-state index in [1.807, 2.05) is 60.7 Å². The van der Waals surface area contributed by atoms with Gasteiger partial charge in [0.15, 0.2) is 0 Å².